The molecule has 0 saturated heterocycles. The lowest BCUT2D eigenvalue weighted by Crippen LogP contribution is -2.13. The van der Waals surface area contributed by atoms with Crippen LogP contribution < -0.4 is 5.32 Å². The molecule has 0 aromatic heterocycles. The molecule has 0 heterocycles. The first-order valence-corrected chi connectivity index (χ1v) is 6.46. The van der Waals surface area contributed by atoms with Crippen molar-refractivity contribution >= 4 is 46.4 Å². The number of benzene rings is 2. The zero-order chi connectivity index (χ0) is 14.9. The molecule has 0 unspecified atom stereocenters. The van der Waals surface area contributed by atoms with Gasteiger partial charge in [0.05, 0.1) is 15.6 Å². The number of phenols is 1. The average molecular weight is 335 g/mol. The fraction of sp³-hybridized carbons (Fsp3) is 0. The molecule has 0 radical (unpaired) electrons. The highest BCUT2D eigenvalue weighted by molar-refractivity contribution is 6.37. The summed E-state index contributed by atoms with van der Waals surface area (Å²) in [7, 11) is 0. The van der Waals surface area contributed by atoms with Gasteiger partial charge in [-0.05, 0) is 30.3 Å². The maximum Gasteiger partial charge on any atom is 0.258 e. The second kappa shape index (κ2) is 5.87. The quantitative estimate of drug-likeness (QED) is 0.779. The van der Waals surface area contributed by atoms with Gasteiger partial charge in [-0.1, -0.05) is 34.8 Å². The maximum atomic E-state index is 13.6. The molecular weight excluding hydrogens is 328 g/mol. The van der Waals surface area contributed by atoms with Crippen molar-refractivity contribution in [2.75, 3.05) is 5.32 Å². The number of phenolic OH excluding ortho intramolecular Hbond substituents is 1. The summed E-state index contributed by atoms with van der Waals surface area (Å²) >= 11 is 17.1. The van der Waals surface area contributed by atoms with Gasteiger partial charge in [0.25, 0.3) is 5.91 Å². The number of carbonyl (C=O) groups is 1. The molecule has 0 bridgehead atoms. The largest absolute Gasteiger partial charge is 0.505 e. The predicted molar refractivity (Wildman–Crippen MR) is 77.5 cm³/mol. The molecule has 2 rings (SSSR count). The topological polar surface area (TPSA) is 49.3 Å². The van der Waals surface area contributed by atoms with E-state index in [2.05, 4.69) is 5.32 Å². The van der Waals surface area contributed by atoms with Gasteiger partial charge in [0, 0.05) is 10.7 Å². The van der Waals surface area contributed by atoms with E-state index in [0.29, 0.717) is 0 Å². The third-order valence-corrected chi connectivity index (χ3v) is 3.26. The molecule has 0 atom stereocenters. The van der Waals surface area contributed by atoms with Crippen LogP contribution in [0.15, 0.2) is 30.3 Å². The van der Waals surface area contributed by atoms with E-state index >= 15 is 0 Å². The summed E-state index contributed by atoms with van der Waals surface area (Å²) in [6, 6.07) is 6.29. The van der Waals surface area contributed by atoms with Crippen molar-refractivity contribution in [2.45, 2.75) is 0 Å². The van der Waals surface area contributed by atoms with Gasteiger partial charge < -0.3 is 10.4 Å². The fourth-order valence-electron chi connectivity index (χ4n) is 1.51. The number of nitrogens with one attached hydrogen (secondary N) is 1. The Morgan fingerprint density at radius 2 is 1.70 bits per heavy atom. The summed E-state index contributed by atoms with van der Waals surface area (Å²) in [4.78, 5) is 11.9. The highest BCUT2D eigenvalue weighted by atomic mass is 35.5. The van der Waals surface area contributed by atoms with Crippen LogP contribution in [0.3, 0.4) is 0 Å². The van der Waals surface area contributed by atoms with Crippen LogP contribution in [0.5, 0.6) is 5.75 Å². The summed E-state index contributed by atoms with van der Waals surface area (Å²) in [5.74, 6) is -1.72. The Morgan fingerprint density at radius 3 is 2.25 bits per heavy atom. The van der Waals surface area contributed by atoms with E-state index in [-0.39, 0.29) is 32.1 Å². The first-order valence-electron chi connectivity index (χ1n) is 5.33. The molecule has 0 aliphatic heterocycles. The molecule has 1 amide bonds. The predicted octanol–water partition coefficient (Wildman–Crippen LogP) is 4.74. The van der Waals surface area contributed by atoms with Crippen LogP contribution in [-0.2, 0) is 0 Å². The molecule has 2 aromatic carbocycles. The van der Waals surface area contributed by atoms with Gasteiger partial charge in [-0.15, -0.1) is 0 Å². The van der Waals surface area contributed by atoms with E-state index in [9.17, 15) is 14.3 Å². The molecule has 0 aliphatic carbocycles. The van der Waals surface area contributed by atoms with E-state index < -0.39 is 11.7 Å². The highest BCUT2D eigenvalue weighted by Crippen LogP contribution is 2.34. The minimum atomic E-state index is -0.744. The van der Waals surface area contributed by atoms with Crippen molar-refractivity contribution in [3.05, 3.63) is 56.8 Å². The van der Waals surface area contributed by atoms with Crippen LogP contribution in [-0.4, -0.2) is 11.0 Å². The zero-order valence-corrected chi connectivity index (χ0v) is 12.0. The summed E-state index contributed by atoms with van der Waals surface area (Å²) in [5.41, 5.74) is 0.0619. The first kappa shape index (κ1) is 14.9. The summed E-state index contributed by atoms with van der Waals surface area (Å²) in [5, 5.41) is 12.0. The Balaban J connectivity index is 2.28. The molecule has 0 aliphatic rings. The van der Waals surface area contributed by atoms with E-state index in [0.717, 1.165) is 6.07 Å². The summed E-state index contributed by atoms with van der Waals surface area (Å²) < 4.78 is 13.6. The smallest absolute Gasteiger partial charge is 0.258 e. The molecule has 0 saturated carbocycles. The van der Waals surface area contributed by atoms with E-state index in [1.165, 1.54) is 24.3 Å². The van der Waals surface area contributed by atoms with Crippen molar-refractivity contribution in [3.8, 4) is 5.75 Å². The van der Waals surface area contributed by atoms with Gasteiger partial charge in [-0.25, -0.2) is 4.39 Å². The number of hydrogen-bond acceptors (Lipinski definition) is 2. The molecular formula is C13H7Cl3FNO2. The number of hydrogen-bond donors (Lipinski definition) is 2. The Bertz CT molecular complexity index is 668. The Morgan fingerprint density at radius 1 is 1.10 bits per heavy atom. The number of aromatic hydroxyl groups is 1. The molecule has 2 N–H and O–H groups in total. The monoisotopic (exact) mass is 333 g/mol. The lowest BCUT2D eigenvalue weighted by Gasteiger charge is -2.08. The van der Waals surface area contributed by atoms with Gasteiger partial charge >= 0.3 is 0 Å². The third-order valence-electron chi connectivity index (χ3n) is 2.45. The zero-order valence-electron chi connectivity index (χ0n) is 9.75. The van der Waals surface area contributed by atoms with Crippen LogP contribution in [0, 0.1) is 5.82 Å². The molecule has 3 nitrogen and oxygen atoms in total. The molecule has 0 fully saturated rings. The standard InChI is InChI=1S/C13H7Cl3FNO2/c14-6-1-2-8(11(17)3-6)13(20)18-7-4-9(15)12(19)10(16)5-7/h1-5,19H,(H,18,20). The van der Waals surface area contributed by atoms with Crippen molar-refractivity contribution in [2.24, 2.45) is 0 Å². The summed E-state index contributed by atoms with van der Waals surface area (Å²) in [6.07, 6.45) is 0. The number of anilines is 1. The number of amides is 1. The number of halogens is 4. The van der Waals surface area contributed by atoms with Crippen molar-refractivity contribution in [1.82, 2.24) is 0 Å². The number of rotatable bonds is 2. The second-order valence-corrected chi connectivity index (χ2v) is 5.12. The van der Waals surface area contributed by atoms with Crippen LogP contribution in [0.2, 0.25) is 15.1 Å². The van der Waals surface area contributed by atoms with Crippen molar-refractivity contribution in [3.63, 3.8) is 0 Å². The Hall–Kier alpha value is -1.49. The number of carbonyl (C=O) groups excluding carboxylic acids is 1. The van der Waals surface area contributed by atoms with Gasteiger partial charge in [-0.3, -0.25) is 4.79 Å². The van der Waals surface area contributed by atoms with Crippen LogP contribution in [0.25, 0.3) is 0 Å². The van der Waals surface area contributed by atoms with Crippen LogP contribution in [0.4, 0.5) is 10.1 Å². The van der Waals surface area contributed by atoms with Gasteiger partial charge in [0.2, 0.25) is 0 Å². The van der Waals surface area contributed by atoms with Gasteiger partial charge in [0.1, 0.15) is 5.82 Å². The van der Waals surface area contributed by atoms with E-state index in [1.54, 1.807) is 0 Å². The van der Waals surface area contributed by atoms with Crippen LogP contribution >= 0.6 is 34.8 Å². The van der Waals surface area contributed by atoms with E-state index in [1.807, 2.05) is 0 Å². The van der Waals surface area contributed by atoms with Crippen molar-refractivity contribution < 1.29 is 14.3 Å². The van der Waals surface area contributed by atoms with Gasteiger partial charge in [0.15, 0.2) is 5.75 Å². The molecule has 0 spiro atoms. The molecule has 2 aromatic rings. The Kier molecular flexibility index (Phi) is 4.38. The molecule has 104 valence electrons. The molecule has 7 heteroatoms. The SMILES string of the molecule is O=C(Nc1cc(Cl)c(O)c(Cl)c1)c1ccc(Cl)cc1F. The lowest BCUT2D eigenvalue weighted by atomic mass is 10.2. The van der Waals surface area contributed by atoms with Gasteiger partial charge in [-0.2, -0.15) is 0 Å². The Labute approximate surface area is 128 Å². The third kappa shape index (κ3) is 3.15. The van der Waals surface area contributed by atoms with E-state index in [4.69, 9.17) is 34.8 Å². The van der Waals surface area contributed by atoms with Crippen molar-refractivity contribution in [1.29, 1.82) is 0 Å². The average Bonchev–Trinajstić information content (AvgIpc) is 2.35. The highest BCUT2D eigenvalue weighted by Gasteiger charge is 2.14. The summed E-state index contributed by atoms with van der Waals surface area (Å²) in [6.45, 7) is 0. The maximum absolute atomic E-state index is 13.6. The fourth-order valence-corrected chi connectivity index (χ4v) is 2.16. The first-order chi connectivity index (χ1) is 9.38. The second-order valence-electron chi connectivity index (χ2n) is 3.87. The molecule has 20 heavy (non-hydrogen) atoms. The minimum Gasteiger partial charge on any atom is -0.505 e. The minimum absolute atomic E-state index is 0.0237. The lowest BCUT2D eigenvalue weighted by molar-refractivity contribution is 0.102. The van der Waals surface area contributed by atoms with Crippen LogP contribution in [0.1, 0.15) is 10.4 Å². The normalized spacial score (nSPS) is 10.4.